The summed E-state index contributed by atoms with van der Waals surface area (Å²) in [7, 11) is 4.89. The van der Waals surface area contributed by atoms with Crippen molar-refractivity contribution < 1.29 is 17.9 Å². The van der Waals surface area contributed by atoms with Crippen molar-refractivity contribution >= 4 is 15.8 Å². The lowest BCUT2D eigenvalue weighted by Gasteiger charge is -2.34. The van der Waals surface area contributed by atoms with Gasteiger partial charge in [0.15, 0.2) is 0 Å². The van der Waals surface area contributed by atoms with E-state index in [2.05, 4.69) is 0 Å². The molecule has 0 radical (unpaired) electrons. The van der Waals surface area contributed by atoms with Crippen LogP contribution in [0.1, 0.15) is 6.42 Å². The highest BCUT2D eigenvalue weighted by Crippen LogP contribution is 2.34. The fourth-order valence-corrected chi connectivity index (χ4v) is 4.57. The van der Waals surface area contributed by atoms with Crippen LogP contribution in [0.2, 0.25) is 0 Å². The number of rotatable bonds is 5. The number of nitrogens with zero attached hydrogens (tertiary/aromatic N) is 2. The summed E-state index contributed by atoms with van der Waals surface area (Å²) in [6.07, 6.45) is 1.86. The zero-order valence-corrected chi connectivity index (χ0v) is 16.0. The van der Waals surface area contributed by atoms with E-state index in [9.17, 15) is 13.2 Å². The van der Waals surface area contributed by atoms with Gasteiger partial charge in [0.1, 0.15) is 0 Å². The Bertz CT molecular complexity index is 809. The van der Waals surface area contributed by atoms with Crippen LogP contribution < -0.4 is 0 Å². The van der Waals surface area contributed by atoms with Crippen molar-refractivity contribution in [1.82, 2.24) is 9.80 Å². The minimum atomic E-state index is -3.72. The molecule has 0 N–H and O–H groups in total. The average molecular weight is 364 g/mol. The number of benzene rings is 1. The van der Waals surface area contributed by atoms with Gasteiger partial charge in [-0.15, -0.1) is 0 Å². The van der Waals surface area contributed by atoms with E-state index in [0.717, 1.165) is 5.70 Å². The van der Waals surface area contributed by atoms with Gasteiger partial charge in [-0.3, -0.25) is 0 Å². The summed E-state index contributed by atoms with van der Waals surface area (Å²) >= 11 is 0. The van der Waals surface area contributed by atoms with Gasteiger partial charge in [-0.1, -0.05) is 18.2 Å². The van der Waals surface area contributed by atoms with E-state index >= 15 is 0 Å². The number of esters is 1. The predicted octanol–water partition coefficient (Wildman–Crippen LogP) is 1.67. The maximum Gasteiger partial charge on any atom is 0.339 e. The zero-order valence-electron chi connectivity index (χ0n) is 15.2. The molecule has 1 aromatic rings. The summed E-state index contributed by atoms with van der Waals surface area (Å²) in [5.74, 6) is -0.540. The van der Waals surface area contributed by atoms with Crippen LogP contribution in [-0.4, -0.2) is 65.5 Å². The number of likely N-dealkylation sites (N-methyl/N-ethyl adjacent to an activating group) is 1. The third kappa shape index (κ3) is 3.77. The Hall–Kier alpha value is -2.12. The molecule has 1 aliphatic rings. The van der Waals surface area contributed by atoms with E-state index in [1.54, 1.807) is 30.3 Å². The maximum absolute atomic E-state index is 13.2. The number of hydrogen-bond donors (Lipinski definition) is 0. The molecule has 0 unspecified atom stereocenters. The van der Waals surface area contributed by atoms with Crippen LogP contribution in [-0.2, 0) is 19.4 Å². The highest BCUT2D eigenvalue weighted by molar-refractivity contribution is 7.95. The van der Waals surface area contributed by atoms with Crippen LogP contribution in [0, 0.1) is 0 Å². The second kappa shape index (κ2) is 7.41. The van der Waals surface area contributed by atoms with Crippen LogP contribution in [0.25, 0.3) is 0 Å². The van der Waals surface area contributed by atoms with E-state index in [0.29, 0.717) is 6.42 Å². The van der Waals surface area contributed by atoms with Crippen LogP contribution in [0.5, 0.6) is 0 Å². The zero-order chi connectivity index (χ0) is 18.8. The summed E-state index contributed by atoms with van der Waals surface area (Å²) in [5, 5.41) is 0. The lowest BCUT2D eigenvalue weighted by atomic mass is 9.97. The molecule has 25 heavy (non-hydrogen) atoms. The monoisotopic (exact) mass is 364 g/mol. The average Bonchev–Trinajstić information content (AvgIpc) is 2.60. The predicted molar refractivity (Wildman–Crippen MR) is 96.5 cm³/mol. The first kappa shape index (κ1) is 19.2. The number of carbonyl (C=O) groups is 1. The summed E-state index contributed by atoms with van der Waals surface area (Å²) in [6.45, 7) is 0. The van der Waals surface area contributed by atoms with Crippen molar-refractivity contribution in [2.75, 3.05) is 35.3 Å². The summed E-state index contributed by atoms with van der Waals surface area (Å²) < 4.78 is 31.2. The molecule has 0 aromatic heterocycles. The Balaban J connectivity index is 2.68. The molecule has 0 saturated heterocycles. The molecule has 1 aliphatic carbocycles. The molecule has 1 atom stereocenters. The topological polar surface area (TPSA) is 66.9 Å². The number of methoxy groups -OCH3 is 1. The molecule has 0 fully saturated rings. The maximum atomic E-state index is 13.2. The fourth-order valence-electron chi connectivity index (χ4n) is 2.86. The van der Waals surface area contributed by atoms with Gasteiger partial charge in [0, 0.05) is 26.2 Å². The third-order valence-electron chi connectivity index (χ3n) is 4.24. The molecule has 2 rings (SSSR count). The first-order valence-corrected chi connectivity index (χ1v) is 9.35. The van der Waals surface area contributed by atoms with Gasteiger partial charge in [0.2, 0.25) is 9.84 Å². The largest absolute Gasteiger partial charge is 0.465 e. The second-order valence-corrected chi connectivity index (χ2v) is 8.24. The fraction of sp³-hybridized carbons (Fsp3) is 0.389. The lowest BCUT2D eigenvalue weighted by molar-refractivity contribution is -0.135. The van der Waals surface area contributed by atoms with E-state index in [1.165, 1.54) is 13.2 Å². The van der Waals surface area contributed by atoms with Gasteiger partial charge in [0.25, 0.3) is 0 Å². The minimum Gasteiger partial charge on any atom is -0.465 e. The molecule has 7 heteroatoms. The SMILES string of the molecule is COC(=O)C1=C(N(C)C)C[C@H](N(C)C)C(S(=O)(=O)c2ccccc2)=C1. The molecule has 0 aliphatic heterocycles. The van der Waals surface area contributed by atoms with Crippen LogP contribution in [0.3, 0.4) is 0 Å². The van der Waals surface area contributed by atoms with Gasteiger partial charge in [-0.05, 0) is 32.3 Å². The molecular formula is C18H24N2O4S. The molecular weight excluding hydrogens is 340 g/mol. The van der Waals surface area contributed by atoms with Gasteiger partial charge < -0.3 is 14.5 Å². The first-order valence-electron chi connectivity index (χ1n) is 7.87. The summed E-state index contributed by atoms with van der Waals surface area (Å²) in [6, 6.07) is 7.89. The quantitative estimate of drug-likeness (QED) is 0.741. The molecule has 0 saturated carbocycles. The standard InChI is InChI=1S/C18H24N2O4S/c1-19(2)15-12-16(20(3)4)17(11-14(15)18(21)24-5)25(22,23)13-9-7-6-8-10-13/h6-11,16H,12H2,1-5H3/t16-/m0/s1. The highest BCUT2D eigenvalue weighted by Gasteiger charge is 2.36. The van der Waals surface area contributed by atoms with Crippen LogP contribution >= 0.6 is 0 Å². The van der Waals surface area contributed by atoms with E-state index in [1.807, 2.05) is 38.0 Å². The minimum absolute atomic E-state index is 0.203. The number of hydrogen-bond acceptors (Lipinski definition) is 6. The Morgan fingerprint density at radius 2 is 1.72 bits per heavy atom. The normalized spacial score (nSPS) is 18.2. The molecule has 6 nitrogen and oxygen atoms in total. The van der Waals surface area contributed by atoms with Gasteiger partial charge in [-0.25, -0.2) is 13.2 Å². The second-order valence-electron chi connectivity index (χ2n) is 6.29. The van der Waals surface area contributed by atoms with Crippen molar-refractivity contribution in [2.45, 2.75) is 17.4 Å². The van der Waals surface area contributed by atoms with Gasteiger partial charge >= 0.3 is 5.97 Å². The Labute approximate surface area is 149 Å². The smallest absolute Gasteiger partial charge is 0.339 e. The Kier molecular flexibility index (Phi) is 5.69. The van der Waals surface area contributed by atoms with Gasteiger partial charge in [0.05, 0.1) is 28.5 Å². The van der Waals surface area contributed by atoms with Crippen molar-refractivity contribution in [1.29, 1.82) is 0 Å². The molecule has 1 aromatic carbocycles. The van der Waals surface area contributed by atoms with Crippen LogP contribution in [0.15, 0.2) is 57.5 Å². The van der Waals surface area contributed by atoms with E-state index in [-0.39, 0.29) is 21.4 Å². The lowest BCUT2D eigenvalue weighted by Crippen LogP contribution is -2.38. The van der Waals surface area contributed by atoms with Gasteiger partial charge in [-0.2, -0.15) is 0 Å². The number of sulfone groups is 1. The van der Waals surface area contributed by atoms with Crippen molar-refractivity contribution in [2.24, 2.45) is 0 Å². The van der Waals surface area contributed by atoms with E-state index in [4.69, 9.17) is 4.74 Å². The van der Waals surface area contributed by atoms with Crippen molar-refractivity contribution in [3.8, 4) is 0 Å². The molecule has 0 bridgehead atoms. The highest BCUT2D eigenvalue weighted by atomic mass is 32.2. The Morgan fingerprint density at radius 3 is 2.20 bits per heavy atom. The molecule has 0 heterocycles. The van der Waals surface area contributed by atoms with Crippen molar-refractivity contribution in [3.63, 3.8) is 0 Å². The Morgan fingerprint density at radius 1 is 1.12 bits per heavy atom. The number of carbonyl (C=O) groups excluding carboxylic acids is 1. The van der Waals surface area contributed by atoms with E-state index < -0.39 is 15.8 Å². The molecule has 0 spiro atoms. The molecule has 136 valence electrons. The van der Waals surface area contributed by atoms with Crippen molar-refractivity contribution in [3.05, 3.63) is 52.6 Å². The first-order chi connectivity index (χ1) is 11.7. The summed E-state index contributed by atoms with van der Waals surface area (Å²) in [5.41, 5.74) is 1.03. The third-order valence-corrected chi connectivity index (χ3v) is 6.15. The molecule has 0 amide bonds. The number of ether oxygens (including phenoxy) is 1. The summed E-state index contributed by atoms with van der Waals surface area (Å²) in [4.78, 5) is 16.3. The van der Waals surface area contributed by atoms with Crippen LogP contribution in [0.4, 0.5) is 0 Å².